The number of nitrogens with one attached hydrogen (secondary N) is 1. The largest absolute Gasteiger partial charge is 0.448 e. The van der Waals surface area contributed by atoms with Crippen LogP contribution in [0, 0.1) is 0 Å². The number of amides is 1. The van der Waals surface area contributed by atoms with Crippen LogP contribution in [0.25, 0.3) is 11.1 Å². The first-order chi connectivity index (χ1) is 16.1. The number of hydrogen-bond donors (Lipinski definition) is 3. The minimum Gasteiger partial charge on any atom is -0.448 e. The van der Waals surface area contributed by atoms with E-state index in [4.69, 9.17) is 9.47 Å². The highest BCUT2D eigenvalue weighted by atomic mass is 32.1. The third-order valence-electron chi connectivity index (χ3n) is 6.71. The number of ether oxygens (including phenoxy) is 2. The molecule has 0 aromatic heterocycles. The first kappa shape index (κ1) is 26.6. The van der Waals surface area contributed by atoms with E-state index in [9.17, 15) is 4.79 Å². The molecule has 0 bridgehead atoms. The molecule has 6 rings (SSSR count). The molecule has 3 aromatic carbocycles. The summed E-state index contributed by atoms with van der Waals surface area (Å²) >= 11 is 4.35. The topological polar surface area (TPSA) is 137 Å². The van der Waals surface area contributed by atoms with E-state index in [0.717, 1.165) is 70.9 Å². The summed E-state index contributed by atoms with van der Waals surface area (Å²) in [6.07, 6.45) is 4.66. The molecule has 0 radical (unpaired) electrons. The zero-order valence-corrected chi connectivity index (χ0v) is 20.5. The van der Waals surface area contributed by atoms with Gasteiger partial charge in [-0.25, -0.2) is 0 Å². The molecular weight excluding hydrogens is 464 g/mol. The monoisotopic (exact) mass is 496 g/mol. The summed E-state index contributed by atoms with van der Waals surface area (Å²) in [4.78, 5) is 14.2. The Kier molecular flexibility index (Phi) is 7.81. The number of anilines is 1. The van der Waals surface area contributed by atoms with Crippen LogP contribution < -0.4 is 20.5 Å². The van der Waals surface area contributed by atoms with Gasteiger partial charge in [0.25, 0.3) is 5.79 Å². The molecule has 2 saturated carbocycles. The SMILES string of the molecule is CN.O.O.O=C(Nc1cccc(-c2ccc(S)cc2)c1)C1(c2ccc3c(c2)OC2(CCC2)O3)CC1. The highest BCUT2D eigenvalue weighted by molar-refractivity contribution is 7.80. The summed E-state index contributed by atoms with van der Waals surface area (Å²) in [6, 6.07) is 21.9. The van der Waals surface area contributed by atoms with Gasteiger partial charge in [-0.15, -0.1) is 12.6 Å². The van der Waals surface area contributed by atoms with Gasteiger partial charge in [0.05, 0.1) is 5.41 Å². The smallest absolute Gasteiger partial charge is 0.251 e. The van der Waals surface area contributed by atoms with Crippen molar-refractivity contribution in [2.24, 2.45) is 5.73 Å². The van der Waals surface area contributed by atoms with E-state index in [1.165, 1.54) is 7.05 Å². The van der Waals surface area contributed by atoms with E-state index < -0.39 is 11.2 Å². The Hall–Kier alpha value is -3.04. The van der Waals surface area contributed by atoms with Crippen LogP contribution in [0.2, 0.25) is 0 Å². The number of benzene rings is 3. The van der Waals surface area contributed by atoms with Crippen molar-refractivity contribution in [1.82, 2.24) is 0 Å². The van der Waals surface area contributed by atoms with Crippen molar-refractivity contribution in [1.29, 1.82) is 0 Å². The Labute approximate surface area is 210 Å². The van der Waals surface area contributed by atoms with Crippen molar-refractivity contribution in [3.8, 4) is 22.6 Å². The Morgan fingerprint density at radius 1 is 0.857 bits per heavy atom. The molecule has 35 heavy (non-hydrogen) atoms. The molecule has 2 fully saturated rings. The number of carbonyl (C=O) groups is 1. The highest BCUT2D eigenvalue weighted by Crippen LogP contribution is 2.54. The third kappa shape index (κ3) is 4.88. The maximum atomic E-state index is 13.3. The Bertz CT molecular complexity index is 1190. The van der Waals surface area contributed by atoms with E-state index >= 15 is 0 Å². The zero-order chi connectivity index (χ0) is 23.1. The normalized spacial score (nSPS) is 17.0. The van der Waals surface area contributed by atoms with Crippen molar-refractivity contribution in [2.75, 3.05) is 12.4 Å². The molecule has 1 aliphatic heterocycles. The number of rotatable bonds is 4. The highest BCUT2D eigenvalue weighted by Gasteiger charge is 2.53. The second-order valence-corrected chi connectivity index (χ2v) is 9.31. The predicted molar refractivity (Wildman–Crippen MR) is 140 cm³/mol. The second kappa shape index (κ2) is 10.3. The minimum absolute atomic E-state index is 0. The van der Waals surface area contributed by atoms with Crippen molar-refractivity contribution in [2.45, 2.75) is 48.2 Å². The average Bonchev–Trinajstić information content (AvgIpc) is 3.54. The number of thiol groups is 1. The Morgan fingerprint density at radius 3 is 2.17 bits per heavy atom. The van der Waals surface area contributed by atoms with Crippen LogP contribution in [-0.2, 0) is 10.2 Å². The molecule has 0 saturated heterocycles. The van der Waals surface area contributed by atoms with Crippen LogP contribution in [0.1, 0.15) is 37.7 Å². The van der Waals surface area contributed by atoms with Gasteiger partial charge in [0.15, 0.2) is 11.5 Å². The molecule has 2 aliphatic carbocycles. The predicted octanol–water partition coefficient (Wildman–Crippen LogP) is 3.89. The van der Waals surface area contributed by atoms with Gasteiger partial charge in [-0.2, -0.15) is 0 Å². The van der Waals surface area contributed by atoms with Crippen molar-refractivity contribution >= 4 is 24.2 Å². The molecule has 7 nitrogen and oxygen atoms in total. The number of carbonyl (C=O) groups excluding carboxylic acids is 1. The molecule has 1 spiro atoms. The molecule has 7 N–H and O–H groups in total. The Morgan fingerprint density at radius 2 is 1.54 bits per heavy atom. The van der Waals surface area contributed by atoms with Crippen LogP contribution >= 0.6 is 12.6 Å². The molecule has 0 unspecified atom stereocenters. The zero-order valence-electron chi connectivity index (χ0n) is 19.6. The first-order valence-corrected chi connectivity index (χ1v) is 11.8. The van der Waals surface area contributed by atoms with E-state index in [1.54, 1.807) is 0 Å². The van der Waals surface area contributed by atoms with E-state index in [2.05, 4.69) is 23.7 Å². The van der Waals surface area contributed by atoms with Gasteiger partial charge in [0.2, 0.25) is 5.91 Å². The fraction of sp³-hybridized carbons (Fsp3) is 0.296. The van der Waals surface area contributed by atoms with Crippen LogP contribution in [0.15, 0.2) is 71.6 Å². The lowest BCUT2D eigenvalue weighted by Crippen LogP contribution is -2.45. The number of nitrogens with two attached hydrogens (primary N) is 1. The quantitative estimate of drug-likeness (QED) is 0.472. The molecule has 8 heteroatoms. The van der Waals surface area contributed by atoms with E-state index in [-0.39, 0.29) is 16.9 Å². The summed E-state index contributed by atoms with van der Waals surface area (Å²) in [7, 11) is 1.50. The van der Waals surface area contributed by atoms with Gasteiger partial charge in [-0.1, -0.05) is 30.3 Å². The summed E-state index contributed by atoms with van der Waals surface area (Å²) < 4.78 is 12.1. The van der Waals surface area contributed by atoms with Crippen LogP contribution in [0.3, 0.4) is 0 Å². The summed E-state index contributed by atoms with van der Waals surface area (Å²) in [5.74, 6) is 1.14. The third-order valence-corrected chi connectivity index (χ3v) is 7.01. The van der Waals surface area contributed by atoms with Crippen LogP contribution in [-0.4, -0.2) is 29.7 Å². The first-order valence-electron chi connectivity index (χ1n) is 11.4. The summed E-state index contributed by atoms with van der Waals surface area (Å²) in [6.45, 7) is 0. The number of fused-ring (bicyclic) bond motifs is 1. The molecule has 1 amide bonds. The summed E-state index contributed by atoms with van der Waals surface area (Å²) in [5, 5.41) is 3.14. The lowest BCUT2D eigenvalue weighted by Gasteiger charge is -2.35. The lowest BCUT2D eigenvalue weighted by molar-refractivity contribution is -0.138. The van der Waals surface area contributed by atoms with Gasteiger partial charge < -0.3 is 31.5 Å². The molecule has 1 heterocycles. The van der Waals surface area contributed by atoms with Gasteiger partial charge >= 0.3 is 0 Å². The second-order valence-electron chi connectivity index (χ2n) is 8.79. The standard InChI is InChI=1S/C26H23NO3S.CH5N.2H2O/c28-24(27-20-4-1-3-18(15-20)17-5-8-21(31)9-6-17)25(13-14-25)19-7-10-22-23(16-19)30-26(29-22)11-2-12-26;1-2;;/h1,3-10,15-16,31H,2,11-14H2,(H,27,28);2H2,1H3;2*1H2. The average molecular weight is 497 g/mol. The van der Waals surface area contributed by atoms with E-state index in [1.807, 2.05) is 66.7 Å². The lowest BCUT2D eigenvalue weighted by atomic mass is 9.91. The van der Waals surface area contributed by atoms with Gasteiger partial charge in [-0.05, 0) is 79.4 Å². The van der Waals surface area contributed by atoms with Gasteiger partial charge in [-0.3, -0.25) is 4.79 Å². The molecular formula is C27H32N2O5S. The van der Waals surface area contributed by atoms with Crippen LogP contribution in [0.5, 0.6) is 11.5 Å². The maximum absolute atomic E-state index is 13.3. The van der Waals surface area contributed by atoms with Crippen molar-refractivity contribution in [3.05, 3.63) is 72.3 Å². The van der Waals surface area contributed by atoms with Crippen molar-refractivity contribution < 1.29 is 25.2 Å². The van der Waals surface area contributed by atoms with Crippen LogP contribution in [0.4, 0.5) is 5.69 Å². The molecule has 186 valence electrons. The van der Waals surface area contributed by atoms with Gasteiger partial charge in [0, 0.05) is 23.4 Å². The molecule has 3 aliphatic rings. The minimum atomic E-state index is -0.489. The van der Waals surface area contributed by atoms with Gasteiger partial charge in [0.1, 0.15) is 0 Å². The maximum Gasteiger partial charge on any atom is 0.251 e. The fourth-order valence-electron chi connectivity index (χ4n) is 4.51. The Balaban J connectivity index is 0.000000835. The summed E-state index contributed by atoms with van der Waals surface area (Å²) in [5.41, 5.74) is 7.97. The number of hydrogen-bond acceptors (Lipinski definition) is 5. The molecule has 3 aromatic rings. The van der Waals surface area contributed by atoms with Crippen molar-refractivity contribution in [3.63, 3.8) is 0 Å². The molecule has 0 atom stereocenters. The van der Waals surface area contributed by atoms with E-state index in [0.29, 0.717) is 0 Å². The fourth-order valence-corrected chi connectivity index (χ4v) is 4.66.